The highest BCUT2D eigenvalue weighted by Crippen LogP contribution is 2.47. The first-order chi connectivity index (χ1) is 24.1. The van der Waals surface area contributed by atoms with Crippen molar-refractivity contribution in [3.8, 4) is 5.75 Å². The number of methoxy groups -OCH3 is 2. The Labute approximate surface area is 301 Å². The fourth-order valence-corrected chi connectivity index (χ4v) is 10.8. The molecule has 50 heavy (non-hydrogen) atoms. The number of likely N-dealkylation sites (tertiary alicyclic amines) is 1. The SMILES string of the molecule is CO[C@@H]1CCN(C(=O)NS2(=O)=NC(=O)c3ccc4c(c3)N(C[C@@H]3CC[C@H]3[C@@H](OC)/C=C/C[C@H](C)C2)C[C@@]2(CCCc3cc(Cl)ccc32)CO4)C1. The van der Waals surface area contributed by atoms with E-state index in [2.05, 4.69) is 38.3 Å². The second-order valence-electron chi connectivity index (χ2n) is 15.0. The summed E-state index contributed by atoms with van der Waals surface area (Å²) in [4.78, 5) is 31.3. The van der Waals surface area contributed by atoms with Gasteiger partial charge in [-0.15, -0.1) is 4.36 Å². The van der Waals surface area contributed by atoms with Gasteiger partial charge in [0.1, 0.15) is 15.7 Å². The smallest absolute Gasteiger partial charge is 0.329 e. The van der Waals surface area contributed by atoms with Crippen LogP contribution in [0.4, 0.5) is 10.5 Å². The van der Waals surface area contributed by atoms with Crippen LogP contribution in [0.5, 0.6) is 5.75 Å². The number of aryl methyl sites for hydroxylation is 1. The molecule has 2 aromatic carbocycles. The normalized spacial score (nSPS) is 33.3. The third kappa shape index (κ3) is 7.16. The first-order valence-electron chi connectivity index (χ1n) is 18.0. The second-order valence-corrected chi connectivity index (χ2v) is 17.4. The number of nitrogens with one attached hydrogen (secondary N) is 1. The highest BCUT2D eigenvalue weighted by Gasteiger charge is 2.44. The van der Waals surface area contributed by atoms with Crippen molar-refractivity contribution in [1.29, 1.82) is 0 Å². The summed E-state index contributed by atoms with van der Waals surface area (Å²) >= 11 is 6.46. The Morgan fingerprint density at radius 3 is 2.74 bits per heavy atom. The lowest BCUT2D eigenvalue weighted by Crippen LogP contribution is -2.49. The minimum atomic E-state index is -3.48. The maximum atomic E-state index is 14.5. The van der Waals surface area contributed by atoms with Crippen LogP contribution in [0, 0.1) is 17.8 Å². The number of ether oxygens (including phenoxy) is 3. The number of carbonyl (C=O) groups is 2. The summed E-state index contributed by atoms with van der Waals surface area (Å²) in [6, 6.07) is 11.1. The van der Waals surface area contributed by atoms with Crippen molar-refractivity contribution in [1.82, 2.24) is 9.62 Å². The van der Waals surface area contributed by atoms with E-state index in [9.17, 15) is 13.8 Å². The lowest BCUT2D eigenvalue weighted by molar-refractivity contribution is 0.0131. The van der Waals surface area contributed by atoms with E-state index in [1.54, 1.807) is 25.2 Å². The van der Waals surface area contributed by atoms with Crippen molar-refractivity contribution in [3.63, 3.8) is 0 Å². The fourth-order valence-electron chi connectivity index (χ4n) is 8.67. The number of carbonyl (C=O) groups excluding carboxylic acids is 2. The number of amides is 3. The predicted molar refractivity (Wildman–Crippen MR) is 195 cm³/mol. The number of halogens is 1. The Kier molecular flexibility index (Phi) is 10.2. The Morgan fingerprint density at radius 1 is 1.12 bits per heavy atom. The molecule has 0 radical (unpaired) electrons. The van der Waals surface area contributed by atoms with Crippen molar-refractivity contribution in [2.24, 2.45) is 22.1 Å². The number of hydrogen-bond acceptors (Lipinski definition) is 7. The predicted octanol–water partition coefficient (Wildman–Crippen LogP) is 6.40. The molecule has 3 heterocycles. The molecule has 1 saturated heterocycles. The molecule has 270 valence electrons. The third-order valence-corrected chi connectivity index (χ3v) is 13.7. The summed E-state index contributed by atoms with van der Waals surface area (Å²) in [7, 11) is -0.0932. The Balaban J connectivity index is 1.28. The summed E-state index contributed by atoms with van der Waals surface area (Å²) in [5.41, 5.74) is 3.44. The number of allylic oxidation sites excluding steroid dienone is 1. The van der Waals surface area contributed by atoms with Gasteiger partial charge in [0.15, 0.2) is 0 Å². The number of fused-ring (bicyclic) bond motifs is 4. The number of hydrogen-bond donors (Lipinski definition) is 1. The van der Waals surface area contributed by atoms with Crippen LogP contribution in [0.1, 0.15) is 66.9 Å². The maximum absolute atomic E-state index is 14.5. The van der Waals surface area contributed by atoms with Crippen LogP contribution in [0.25, 0.3) is 0 Å². The van der Waals surface area contributed by atoms with Crippen LogP contribution >= 0.6 is 11.6 Å². The van der Waals surface area contributed by atoms with E-state index < -0.39 is 21.9 Å². The monoisotopic (exact) mass is 724 g/mol. The lowest BCUT2D eigenvalue weighted by atomic mass is 9.68. The average molecular weight is 725 g/mol. The molecule has 1 N–H and O–H groups in total. The molecule has 2 fully saturated rings. The van der Waals surface area contributed by atoms with Gasteiger partial charge in [-0.3, -0.25) is 9.52 Å². The van der Waals surface area contributed by atoms with Crippen LogP contribution in [0.3, 0.4) is 0 Å². The molecule has 7 atom stereocenters. The minimum absolute atomic E-state index is 0.0339. The van der Waals surface area contributed by atoms with Crippen molar-refractivity contribution in [2.45, 2.75) is 69.5 Å². The quantitative estimate of drug-likeness (QED) is 0.365. The third-order valence-electron chi connectivity index (χ3n) is 11.5. The van der Waals surface area contributed by atoms with E-state index in [-0.39, 0.29) is 29.3 Å². The molecular weight excluding hydrogens is 676 g/mol. The zero-order valence-electron chi connectivity index (χ0n) is 29.3. The molecule has 1 spiro atoms. The molecule has 10 nitrogen and oxygen atoms in total. The van der Waals surface area contributed by atoms with Crippen LogP contribution in [0.15, 0.2) is 52.9 Å². The van der Waals surface area contributed by atoms with E-state index in [4.69, 9.17) is 25.8 Å². The van der Waals surface area contributed by atoms with Crippen LogP contribution in [0.2, 0.25) is 5.02 Å². The van der Waals surface area contributed by atoms with E-state index in [1.807, 2.05) is 25.1 Å². The first kappa shape index (κ1) is 35.3. The molecule has 1 unspecified atom stereocenters. The van der Waals surface area contributed by atoms with Gasteiger partial charge in [-0.1, -0.05) is 36.7 Å². The van der Waals surface area contributed by atoms with Gasteiger partial charge in [0.25, 0.3) is 5.91 Å². The van der Waals surface area contributed by atoms with Crippen molar-refractivity contribution in [3.05, 3.63) is 70.3 Å². The number of urea groups is 1. The summed E-state index contributed by atoms with van der Waals surface area (Å²) < 4.78 is 39.6. The van der Waals surface area contributed by atoms with Gasteiger partial charge in [0.2, 0.25) is 0 Å². The number of anilines is 1. The molecule has 1 saturated carbocycles. The highest BCUT2D eigenvalue weighted by atomic mass is 35.5. The Morgan fingerprint density at radius 2 is 1.98 bits per heavy atom. The molecule has 2 bridgehead atoms. The molecule has 7 rings (SSSR count). The van der Waals surface area contributed by atoms with Crippen LogP contribution in [-0.4, -0.2) is 86.0 Å². The van der Waals surface area contributed by atoms with Gasteiger partial charge in [0.05, 0.1) is 30.3 Å². The fraction of sp³-hybridized carbons (Fsp3) is 0.579. The first-order valence-corrected chi connectivity index (χ1v) is 20.0. The molecule has 3 aliphatic heterocycles. The molecule has 2 aliphatic carbocycles. The van der Waals surface area contributed by atoms with Crippen LogP contribution in [-0.2, 0) is 31.2 Å². The Hall–Kier alpha value is -3.12. The van der Waals surface area contributed by atoms with Gasteiger partial charge in [-0.25, -0.2) is 9.00 Å². The molecule has 12 heteroatoms. The topological polar surface area (TPSA) is 110 Å². The standard InChI is InChI=1S/C38H49ClN4O6S/c1-25-6-4-8-34(48-3)31-12-9-28(31)20-43-23-38(16-5-7-26-18-29(39)11-13-32(26)38)24-49-35-14-10-27(19-33(35)43)36(44)40-50(46,22-25)41-37(45)42-17-15-30(21-42)47-2/h4,8,10-11,13-14,18-19,25,28,30-31,34H,5-7,9,12,15-17,20-24H2,1-3H3,(H,40,41,44,45,46)/b8-4+/t25-,28-,30+,31+,34-,38-,50?/m0/s1. The summed E-state index contributed by atoms with van der Waals surface area (Å²) in [6.45, 7) is 4.86. The number of rotatable bonds is 3. The lowest BCUT2D eigenvalue weighted by Gasteiger charge is -2.46. The van der Waals surface area contributed by atoms with Gasteiger partial charge >= 0.3 is 6.03 Å². The number of nitrogens with zero attached hydrogens (tertiary/aromatic N) is 3. The summed E-state index contributed by atoms with van der Waals surface area (Å²) in [5, 5.41) is 0.744. The van der Waals surface area contributed by atoms with E-state index >= 15 is 0 Å². The van der Waals surface area contributed by atoms with E-state index in [1.165, 1.54) is 11.1 Å². The highest BCUT2D eigenvalue weighted by molar-refractivity contribution is 7.92. The van der Waals surface area contributed by atoms with Gasteiger partial charge < -0.3 is 24.0 Å². The van der Waals surface area contributed by atoms with Gasteiger partial charge in [-0.05, 0) is 104 Å². The van der Waals surface area contributed by atoms with E-state index in [0.29, 0.717) is 55.7 Å². The van der Waals surface area contributed by atoms with Crippen molar-refractivity contribution < 1.29 is 28.0 Å². The number of benzene rings is 2. The molecule has 5 aliphatic rings. The largest absolute Gasteiger partial charge is 0.490 e. The van der Waals surface area contributed by atoms with E-state index in [0.717, 1.165) is 55.9 Å². The van der Waals surface area contributed by atoms with Gasteiger partial charge in [-0.2, -0.15) is 0 Å². The van der Waals surface area contributed by atoms with Crippen molar-refractivity contribution >= 4 is 39.1 Å². The average Bonchev–Trinajstić information content (AvgIpc) is 3.52. The molecule has 2 aromatic rings. The zero-order chi connectivity index (χ0) is 35.0. The van der Waals surface area contributed by atoms with Crippen LogP contribution < -0.4 is 14.4 Å². The molecule has 0 aromatic heterocycles. The minimum Gasteiger partial charge on any atom is -0.490 e. The summed E-state index contributed by atoms with van der Waals surface area (Å²) in [6.07, 6.45) is 10.6. The van der Waals surface area contributed by atoms with Gasteiger partial charge in [0, 0.05) is 56.4 Å². The summed E-state index contributed by atoms with van der Waals surface area (Å²) in [5.74, 6) is 0.744. The Bertz CT molecular complexity index is 1780. The van der Waals surface area contributed by atoms with Crippen molar-refractivity contribution in [2.75, 3.05) is 57.7 Å². The second kappa shape index (κ2) is 14.5. The zero-order valence-corrected chi connectivity index (χ0v) is 30.8. The molecule has 3 amide bonds. The molecular formula is C38H49ClN4O6S. The maximum Gasteiger partial charge on any atom is 0.329 e.